The minimum atomic E-state index is -1.25. The summed E-state index contributed by atoms with van der Waals surface area (Å²) in [5.74, 6) is -1.02. The Hall–Kier alpha value is -3.62. The Morgan fingerprint density at radius 1 is 0.981 bits per heavy atom. The number of methoxy groups -OCH3 is 2. The van der Waals surface area contributed by atoms with Gasteiger partial charge in [0.1, 0.15) is 6.61 Å². The number of hydrogen-bond donors (Lipinski definition) is 4. The number of rotatable bonds is 22. The van der Waals surface area contributed by atoms with Crippen molar-refractivity contribution >= 4 is 23.9 Å². The molecular formula is C38H63N3O11. The highest BCUT2D eigenvalue weighted by Crippen LogP contribution is 2.38. The van der Waals surface area contributed by atoms with Gasteiger partial charge in [0, 0.05) is 32.6 Å². The fourth-order valence-corrected chi connectivity index (χ4v) is 6.03. The van der Waals surface area contributed by atoms with E-state index in [0.717, 1.165) is 5.56 Å². The molecule has 3 amide bonds. The molecule has 0 aromatic heterocycles. The van der Waals surface area contributed by atoms with Crippen LogP contribution in [0.5, 0.6) is 11.5 Å². The third-order valence-electron chi connectivity index (χ3n) is 9.92. The zero-order valence-corrected chi connectivity index (χ0v) is 32.7. The molecular weight excluding hydrogens is 674 g/mol. The monoisotopic (exact) mass is 737 g/mol. The SMILES string of the molecule is COCCCOc1cc(C[C@@H](C[C@H]2[C@H](C[C@H](C(=O)NCC(C)(C)C(N)=O)C(C)C)OC(COC(=O)C(C)(C)CO)N2C(=O)O)C(C)C)ccc1OC. The lowest BCUT2D eigenvalue weighted by Crippen LogP contribution is -2.47. The topological polar surface area (TPSA) is 196 Å². The van der Waals surface area contributed by atoms with E-state index in [-0.39, 0.29) is 43.2 Å². The zero-order valence-electron chi connectivity index (χ0n) is 32.7. The smallest absolute Gasteiger partial charge is 0.409 e. The first-order valence-corrected chi connectivity index (χ1v) is 18.1. The second-order valence-electron chi connectivity index (χ2n) is 15.7. The molecule has 1 aromatic carbocycles. The van der Waals surface area contributed by atoms with Gasteiger partial charge in [-0.05, 0) is 82.4 Å². The molecule has 14 nitrogen and oxygen atoms in total. The Kier molecular flexibility index (Phi) is 17.1. The molecule has 0 aliphatic carbocycles. The maximum atomic E-state index is 13.6. The molecule has 1 aliphatic rings. The van der Waals surface area contributed by atoms with Crippen LogP contribution in [0.4, 0.5) is 4.79 Å². The molecule has 0 saturated carbocycles. The minimum absolute atomic E-state index is 0.0369. The molecule has 1 heterocycles. The van der Waals surface area contributed by atoms with E-state index >= 15 is 0 Å². The lowest BCUT2D eigenvalue weighted by molar-refractivity contribution is -0.162. The number of aliphatic hydroxyl groups excluding tert-OH is 1. The summed E-state index contributed by atoms with van der Waals surface area (Å²) >= 11 is 0. The van der Waals surface area contributed by atoms with E-state index in [2.05, 4.69) is 19.2 Å². The van der Waals surface area contributed by atoms with Crippen molar-refractivity contribution in [2.24, 2.45) is 40.2 Å². The fourth-order valence-electron chi connectivity index (χ4n) is 6.03. The van der Waals surface area contributed by atoms with Gasteiger partial charge in [-0.3, -0.25) is 19.3 Å². The molecule has 1 unspecified atom stereocenters. The number of aliphatic hydroxyl groups is 1. The first kappa shape index (κ1) is 44.5. The van der Waals surface area contributed by atoms with Crippen molar-refractivity contribution in [3.05, 3.63) is 23.8 Å². The average molecular weight is 738 g/mol. The molecule has 1 saturated heterocycles. The number of nitrogens with two attached hydrogens (primary N) is 1. The van der Waals surface area contributed by atoms with Crippen molar-refractivity contribution in [1.82, 2.24) is 10.2 Å². The van der Waals surface area contributed by atoms with Crippen LogP contribution < -0.4 is 20.5 Å². The lowest BCUT2D eigenvalue weighted by atomic mass is 9.80. The van der Waals surface area contributed by atoms with Crippen molar-refractivity contribution in [1.29, 1.82) is 0 Å². The summed E-state index contributed by atoms with van der Waals surface area (Å²) in [6.07, 6.45) is -1.26. The number of ether oxygens (including phenoxy) is 5. The quantitative estimate of drug-likeness (QED) is 0.0982. The molecule has 296 valence electrons. The summed E-state index contributed by atoms with van der Waals surface area (Å²) in [5, 5.41) is 23.1. The van der Waals surface area contributed by atoms with Crippen LogP contribution in [0.3, 0.4) is 0 Å². The van der Waals surface area contributed by atoms with Gasteiger partial charge in [0.2, 0.25) is 11.8 Å². The van der Waals surface area contributed by atoms with E-state index in [1.54, 1.807) is 28.1 Å². The van der Waals surface area contributed by atoms with Crippen LogP contribution >= 0.6 is 0 Å². The normalized spacial score (nSPS) is 19.0. The molecule has 5 N–H and O–H groups in total. The van der Waals surface area contributed by atoms with Gasteiger partial charge in [0.25, 0.3) is 0 Å². The Labute approximate surface area is 309 Å². The van der Waals surface area contributed by atoms with E-state index in [0.29, 0.717) is 44.0 Å². The van der Waals surface area contributed by atoms with Gasteiger partial charge < -0.3 is 44.9 Å². The molecule has 0 radical (unpaired) electrons. The average Bonchev–Trinajstić information content (AvgIpc) is 3.42. The van der Waals surface area contributed by atoms with Crippen LogP contribution in [0.15, 0.2) is 18.2 Å². The van der Waals surface area contributed by atoms with Crippen molar-refractivity contribution in [2.45, 2.75) is 99.4 Å². The number of benzene rings is 1. The van der Waals surface area contributed by atoms with Crippen LogP contribution in [0.25, 0.3) is 0 Å². The van der Waals surface area contributed by atoms with Crippen LogP contribution in [0, 0.1) is 34.5 Å². The number of nitrogens with one attached hydrogen (secondary N) is 1. The van der Waals surface area contributed by atoms with E-state index in [4.69, 9.17) is 29.4 Å². The third kappa shape index (κ3) is 12.5. The maximum Gasteiger partial charge on any atom is 0.409 e. The molecule has 0 bridgehead atoms. The molecule has 2 rings (SSSR count). The van der Waals surface area contributed by atoms with E-state index in [1.807, 2.05) is 32.0 Å². The first-order chi connectivity index (χ1) is 24.3. The van der Waals surface area contributed by atoms with E-state index < -0.39 is 59.7 Å². The summed E-state index contributed by atoms with van der Waals surface area (Å²) in [7, 11) is 3.22. The number of carbonyl (C=O) groups is 4. The van der Waals surface area contributed by atoms with Gasteiger partial charge >= 0.3 is 12.1 Å². The largest absolute Gasteiger partial charge is 0.493 e. The lowest BCUT2D eigenvalue weighted by Gasteiger charge is -2.33. The van der Waals surface area contributed by atoms with Crippen LogP contribution in [-0.2, 0) is 35.0 Å². The summed E-state index contributed by atoms with van der Waals surface area (Å²) in [5.41, 5.74) is 4.34. The van der Waals surface area contributed by atoms with Crippen LogP contribution in [-0.4, -0.2) is 105 Å². The van der Waals surface area contributed by atoms with Crippen molar-refractivity contribution in [3.63, 3.8) is 0 Å². The van der Waals surface area contributed by atoms with Gasteiger partial charge in [-0.1, -0.05) is 33.8 Å². The van der Waals surface area contributed by atoms with Gasteiger partial charge in [0.15, 0.2) is 17.7 Å². The molecule has 1 aromatic rings. The molecule has 0 spiro atoms. The second-order valence-corrected chi connectivity index (χ2v) is 15.7. The second kappa shape index (κ2) is 20.0. The fraction of sp³-hybridized carbons (Fsp3) is 0.737. The molecule has 52 heavy (non-hydrogen) atoms. The Bertz CT molecular complexity index is 1330. The predicted molar refractivity (Wildman–Crippen MR) is 195 cm³/mol. The van der Waals surface area contributed by atoms with Crippen molar-refractivity contribution in [3.8, 4) is 11.5 Å². The number of primary amides is 1. The van der Waals surface area contributed by atoms with E-state index in [9.17, 15) is 29.4 Å². The summed E-state index contributed by atoms with van der Waals surface area (Å²) in [6.45, 7) is 14.5. The first-order valence-electron chi connectivity index (χ1n) is 18.1. The van der Waals surface area contributed by atoms with Crippen molar-refractivity contribution < 1.29 is 53.1 Å². The van der Waals surface area contributed by atoms with Crippen LogP contribution in [0.2, 0.25) is 0 Å². The van der Waals surface area contributed by atoms with Gasteiger partial charge in [-0.2, -0.15) is 0 Å². The number of esters is 1. The molecule has 1 aliphatic heterocycles. The van der Waals surface area contributed by atoms with Gasteiger partial charge in [0.05, 0.1) is 43.3 Å². The minimum Gasteiger partial charge on any atom is -0.493 e. The predicted octanol–water partition coefficient (Wildman–Crippen LogP) is 4.24. The molecule has 14 heteroatoms. The number of amides is 3. The maximum absolute atomic E-state index is 13.6. The number of carbonyl (C=O) groups excluding carboxylic acids is 3. The number of nitrogens with zero attached hydrogens (tertiary/aromatic N) is 1. The number of hydrogen-bond acceptors (Lipinski definition) is 10. The zero-order chi connectivity index (χ0) is 39.4. The van der Waals surface area contributed by atoms with Gasteiger partial charge in [-0.15, -0.1) is 0 Å². The Morgan fingerprint density at radius 3 is 2.19 bits per heavy atom. The summed E-state index contributed by atoms with van der Waals surface area (Å²) in [6, 6.07) is 5.06. The highest BCUT2D eigenvalue weighted by molar-refractivity contribution is 5.83. The highest BCUT2D eigenvalue weighted by atomic mass is 16.6. The molecule has 1 fully saturated rings. The Balaban J connectivity index is 2.47. The van der Waals surface area contributed by atoms with Gasteiger partial charge in [-0.25, -0.2) is 4.79 Å². The third-order valence-corrected chi connectivity index (χ3v) is 9.92. The summed E-state index contributed by atoms with van der Waals surface area (Å²) < 4.78 is 28.6. The molecule has 5 atom stereocenters. The van der Waals surface area contributed by atoms with E-state index in [1.165, 1.54) is 18.7 Å². The van der Waals surface area contributed by atoms with Crippen molar-refractivity contribution in [2.75, 3.05) is 47.2 Å². The van der Waals surface area contributed by atoms with Crippen LogP contribution in [0.1, 0.15) is 80.2 Å². The summed E-state index contributed by atoms with van der Waals surface area (Å²) in [4.78, 5) is 52.5. The standard InChI is InChI=1S/C38H63N3O11/c1-23(2)26(16-25-12-13-29(49-10)31(17-25)50-15-11-14-48-9)18-28-30(19-27(24(3)4)33(43)40-21-37(5,6)34(39)44)52-32(41(28)36(46)47)20-51-35(45)38(7,8)22-42/h12-13,17,23-24,26-28,30,32,42H,11,14-16,18-22H2,1-10H3,(H2,39,44)(H,40,43)(H,46,47)/t26-,27-,28-,30-,32?/m0/s1. The number of carboxylic acid groups (broad SMARTS) is 1. The highest BCUT2D eigenvalue weighted by Gasteiger charge is 2.48. The Morgan fingerprint density at radius 2 is 1.65 bits per heavy atom.